The highest BCUT2D eigenvalue weighted by Gasteiger charge is 2.30. The topological polar surface area (TPSA) is 365 Å². The van der Waals surface area contributed by atoms with Crippen LogP contribution in [0, 0.1) is 6.57 Å². The summed E-state index contributed by atoms with van der Waals surface area (Å²) in [5.41, 5.74) is 17.1. The van der Waals surface area contributed by atoms with Crippen LogP contribution in [0.3, 0.4) is 0 Å². The Morgan fingerprint density at radius 3 is 1.05 bits per heavy atom. The van der Waals surface area contributed by atoms with E-state index in [1.165, 1.54) is 21.1 Å². The number of nitrogens with one attached hydrogen (secondary N) is 9. The summed E-state index contributed by atoms with van der Waals surface area (Å²) in [6, 6.07) is 63.6. The molecule has 125 heavy (non-hydrogen) atoms. The molecule has 14 aromatic rings. The normalized spacial score (nSPS) is 12.8. The third-order valence-corrected chi connectivity index (χ3v) is 20.8. The number of amides is 5. The molecule has 0 bridgehead atoms. The number of rotatable bonds is 29. The predicted octanol–water partition coefficient (Wildman–Crippen LogP) is 15.7. The molecule has 0 radical (unpaired) electrons. The maximum Gasteiger partial charge on any atom is 0.255 e. The Bertz CT molecular complexity index is 6280. The van der Waals surface area contributed by atoms with Gasteiger partial charge in [0.15, 0.2) is 0 Å². The van der Waals surface area contributed by atoms with E-state index in [1.807, 2.05) is 225 Å². The number of aromatic amines is 4. The first-order valence-electron chi connectivity index (χ1n) is 40.6. The predicted molar refractivity (Wildman–Crippen MR) is 490 cm³/mol. The first-order valence-corrected chi connectivity index (χ1v) is 40.6. The van der Waals surface area contributed by atoms with Gasteiger partial charge in [-0.1, -0.05) is 158 Å². The van der Waals surface area contributed by atoms with Crippen molar-refractivity contribution in [2.75, 3.05) is 72.6 Å². The monoisotopic (exact) mass is 1680 g/mol. The lowest BCUT2D eigenvalue weighted by Gasteiger charge is -2.18. The minimum atomic E-state index is -0.548. The molecule has 636 valence electrons. The van der Waals surface area contributed by atoms with Crippen molar-refractivity contribution in [2.45, 2.75) is 69.7 Å². The number of nitrogens with zero attached hydrogens (tertiary/aromatic N) is 6. The van der Waals surface area contributed by atoms with Crippen molar-refractivity contribution in [1.29, 1.82) is 0 Å². The molecule has 10 aromatic carbocycles. The van der Waals surface area contributed by atoms with Gasteiger partial charge in [-0.2, -0.15) is 20.4 Å². The summed E-state index contributed by atoms with van der Waals surface area (Å²) in [4.78, 5) is 68.1. The van der Waals surface area contributed by atoms with Crippen LogP contribution in [0.5, 0.6) is 23.0 Å². The zero-order valence-corrected chi connectivity index (χ0v) is 70.1. The van der Waals surface area contributed by atoms with Gasteiger partial charge in [0, 0.05) is 56.6 Å². The molecule has 16 rings (SSSR count). The Balaban J connectivity index is 0.000000144. The number of aliphatic hydroxyl groups is 3. The molecule has 0 saturated heterocycles. The van der Waals surface area contributed by atoms with Gasteiger partial charge in [-0.25, -0.2) is 6.57 Å². The highest BCUT2D eigenvalue weighted by Crippen LogP contribution is 2.38. The van der Waals surface area contributed by atoms with Gasteiger partial charge in [-0.15, -0.1) is 0 Å². The molecule has 4 aromatic heterocycles. The van der Waals surface area contributed by atoms with E-state index in [0.29, 0.717) is 80.3 Å². The number of carbonyl (C=O) groups is 5. The van der Waals surface area contributed by atoms with Crippen molar-refractivity contribution in [3.8, 4) is 23.0 Å². The van der Waals surface area contributed by atoms with Crippen molar-refractivity contribution in [1.82, 2.24) is 62.1 Å². The van der Waals surface area contributed by atoms with Gasteiger partial charge in [0.05, 0.1) is 142 Å². The van der Waals surface area contributed by atoms with Crippen LogP contribution in [0.1, 0.15) is 153 Å². The Morgan fingerprint density at radius 1 is 0.432 bits per heavy atom. The number of carbonyl (C=O) groups excluding carboxylic acids is 5. The molecule has 12 N–H and O–H groups in total. The van der Waals surface area contributed by atoms with E-state index in [-0.39, 0.29) is 61.4 Å². The standard InChI is InChI=1S/C27H26N4O4.C27H28N4O3.C22H20N4O2.C22H23N3O3/c1-17(33)28-20-11-8-18(9-12-20)10-14-22-25-23(31-30-22)15-13-21(26(25)35-2)27(34)29-24(16-32)19-6-4-3-5-7-19;1-31(2)20-12-9-18(10-13-20)11-15-22-25-23(30-29-22)16-14-21(26(25)34-3)27(33)28-24(17-32)19-7-5-4-6-8-19;1-23-13-15-5-3-14(4-6-15)7-11-18-20-19(26-25-18)12-10-17(21(20)28-2)22(27)24-16-8-9-16;1-28-21-17(22(27)23-16-7-8-16)9-11-19-20(21)18(24-25-19)10-6-14-2-4-15(5-3-14)12-13-26/h3-15,24,32H,16H2,1-2H3,(H,28,33)(H,29,34)(H,30,31);4-16,24,32H,17H2,1-3H3,(H,28,33)(H,29,30);3-7,10-12,16H,8-9,13H2,2H3,(H,24,27)(H,25,26);2-6,9-11,16,26H,7-8,12-13H2,1H3,(H,23,27)(H,24,25)/b14-10+;15-11+;11-7+;10-6+/t2*24-;;/m11../s1. The quantitative estimate of drug-likeness (QED) is 0.0194. The smallest absolute Gasteiger partial charge is 0.255 e. The van der Waals surface area contributed by atoms with E-state index in [9.17, 15) is 34.2 Å². The second kappa shape index (κ2) is 41.8. The van der Waals surface area contributed by atoms with Gasteiger partial charge in [0.1, 0.15) is 23.0 Å². The average Bonchev–Trinajstić information content (AvgIpc) is 1.68. The van der Waals surface area contributed by atoms with Crippen molar-refractivity contribution in [3.05, 3.63) is 307 Å². The fraction of sp³-hybridized carbons (Fsp3) is 0.204. The highest BCUT2D eigenvalue weighted by atomic mass is 16.5. The number of benzene rings is 10. The maximum atomic E-state index is 13.2. The van der Waals surface area contributed by atoms with E-state index in [2.05, 4.69) is 84.4 Å². The number of hydrogen-bond acceptors (Lipinski definition) is 17. The van der Waals surface area contributed by atoms with E-state index in [0.717, 1.165) is 126 Å². The van der Waals surface area contributed by atoms with Crippen LogP contribution in [0.4, 0.5) is 11.4 Å². The molecule has 2 saturated carbocycles. The van der Waals surface area contributed by atoms with E-state index in [1.54, 1.807) is 50.6 Å². The summed E-state index contributed by atoms with van der Waals surface area (Å²) < 4.78 is 22.5. The minimum absolute atomic E-state index is 0.114. The molecule has 27 nitrogen and oxygen atoms in total. The summed E-state index contributed by atoms with van der Waals surface area (Å²) in [7, 11) is 10.2. The van der Waals surface area contributed by atoms with Crippen LogP contribution in [0.25, 0.3) is 97.1 Å². The molecule has 27 heteroatoms. The van der Waals surface area contributed by atoms with Crippen molar-refractivity contribution in [2.24, 2.45) is 0 Å². The van der Waals surface area contributed by atoms with Crippen LogP contribution < -0.4 is 50.4 Å². The van der Waals surface area contributed by atoms with Crippen molar-refractivity contribution >= 4 is 133 Å². The molecule has 2 aliphatic carbocycles. The van der Waals surface area contributed by atoms with Gasteiger partial charge in [0.2, 0.25) is 12.5 Å². The third-order valence-electron chi connectivity index (χ3n) is 20.8. The number of aliphatic hydroxyl groups excluding tert-OH is 3. The van der Waals surface area contributed by atoms with Crippen LogP contribution in [0.2, 0.25) is 0 Å². The summed E-state index contributed by atoms with van der Waals surface area (Å²) in [6.45, 7) is 8.48. The zero-order chi connectivity index (χ0) is 87.9. The second-order valence-corrected chi connectivity index (χ2v) is 29.8. The van der Waals surface area contributed by atoms with Crippen LogP contribution in [0.15, 0.2) is 206 Å². The summed E-state index contributed by atoms with van der Waals surface area (Å²) >= 11 is 0. The summed E-state index contributed by atoms with van der Waals surface area (Å²) in [5.74, 6) is 0.810. The molecular weight excluding hydrogens is 1580 g/mol. The Labute approximate surface area is 722 Å². The van der Waals surface area contributed by atoms with Gasteiger partial charge in [0.25, 0.3) is 23.6 Å². The Kier molecular flexibility index (Phi) is 29.3. The maximum absolute atomic E-state index is 13.2. The molecule has 2 atom stereocenters. The fourth-order valence-corrected chi connectivity index (χ4v) is 14.0. The lowest BCUT2D eigenvalue weighted by molar-refractivity contribution is -0.114. The lowest BCUT2D eigenvalue weighted by Crippen LogP contribution is -2.31. The Morgan fingerprint density at radius 2 is 0.752 bits per heavy atom. The molecule has 0 spiro atoms. The molecule has 4 heterocycles. The first-order chi connectivity index (χ1) is 60.9. The number of H-pyrrole nitrogens is 4. The van der Waals surface area contributed by atoms with E-state index < -0.39 is 12.1 Å². The number of ether oxygens (including phenoxy) is 4. The summed E-state index contributed by atoms with van der Waals surface area (Å²) in [5, 5.41) is 75.6. The van der Waals surface area contributed by atoms with Crippen molar-refractivity contribution < 1.29 is 58.2 Å². The molecule has 0 aliphatic heterocycles. The highest BCUT2D eigenvalue weighted by molar-refractivity contribution is 6.09. The van der Waals surface area contributed by atoms with Crippen LogP contribution in [-0.4, -0.2) is 160 Å². The van der Waals surface area contributed by atoms with Crippen molar-refractivity contribution in [3.63, 3.8) is 0 Å². The summed E-state index contributed by atoms with van der Waals surface area (Å²) in [6.07, 6.45) is 20.2. The second-order valence-electron chi connectivity index (χ2n) is 29.8. The van der Waals surface area contributed by atoms with Gasteiger partial charge < -0.3 is 70.6 Å². The van der Waals surface area contributed by atoms with Gasteiger partial charge in [-0.05, 0) is 168 Å². The molecule has 2 fully saturated rings. The molecule has 2 aliphatic rings. The third kappa shape index (κ3) is 22.1. The lowest BCUT2D eigenvalue weighted by atomic mass is 10.0. The number of aromatic nitrogens is 8. The molecular formula is C98H97N15O12. The average molecular weight is 1680 g/mol. The zero-order valence-electron chi connectivity index (χ0n) is 70.1. The Hall–Kier alpha value is -15.2. The number of anilines is 2. The SMILES string of the molecule is COc1c(C(=O)NC2CC2)ccc2n[nH]c(/C=C/c3ccc(CCO)cc3)c12.COc1c(C(=O)N[C@H](CO)c2ccccc2)ccc2n[nH]c(/C=C/c3ccc(N(C)C)cc3)c12.COc1c(C(=O)N[C@H](CO)c2ccccc2)ccc2n[nH]c(/C=C/c3ccc(NC(C)=O)cc3)c12.[C-]#[N+]Cc1ccc(/C=C/c2[nH]nc3ccc(C(=O)NC4CC4)c(OC)c23)cc1. The first kappa shape index (κ1) is 87.6. The van der Waals surface area contributed by atoms with Gasteiger partial charge in [-0.3, -0.25) is 44.4 Å². The van der Waals surface area contributed by atoms with Crippen LogP contribution in [-0.2, 0) is 17.8 Å². The number of methoxy groups -OCH3 is 4. The van der Waals surface area contributed by atoms with Gasteiger partial charge >= 0.3 is 0 Å². The van der Waals surface area contributed by atoms with E-state index in [4.69, 9.17) is 30.6 Å². The fourth-order valence-electron chi connectivity index (χ4n) is 14.0. The minimum Gasteiger partial charge on any atom is -0.495 e. The van der Waals surface area contributed by atoms with E-state index >= 15 is 0 Å². The number of fused-ring (bicyclic) bond motifs is 4. The number of hydrogen-bond donors (Lipinski definition) is 12. The molecule has 0 unspecified atom stereocenters. The molecule has 5 amide bonds. The van der Waals surface area contributed by atoms with Crippen LogP contribution >= 0.6 is 0 Å². The largest absolute Gasteiger partial charge is 0.495 e.